The Morgan fingerprint density at radius 3 is 2.69 bits per heavy atom. The topological polar surface area (TPSA) is 65.8 Å². The normalized spacial score (nSPS) is 11.9. The number of anilines is 1. The van der Waals surface area contributed by atoms with Crippen molar-refractivity contribution in [1.82, 2.24) is 4.98 Å². The van der Waals surface area contributed by atoms with Gasteiger partial charge in [0.2, 0.25) is 5.91 Å². The first-order valence-corrected chi connectivity index (χ1v) is 4.86. The van der Waals surface area contributed by atoms with Gasteiger partial charge in [-0.2, -0.15) is 5.26 Å². The predicted molar refractivity (Wildman–Crippen MR) is 56.8 cm³/mol. The molecule has 1 amide bonds. The summed E-state index contributed by atoms with van der Waals surface area (Å²) in [4.78, 5) is 15.3. The molecule has 1 N–H and O–H groups in total. The zero-order valence-corrected chi connectivity index (χ0v) is 9.07. The van der Waals surface area contributed by atoms with Crippen molar-refractivity contribution in [2.75, 3.05) is 5.32 Å². The Bertz CT molecular complexity index is 408. The van der Waals surface area contributed by atoms with E-state index in [9.17, 15) is 9.18 Å². The molecule has 0 fully saturated rings. The number of amides is 1. The second-order valence-corrected chi connectivity index (χ2v) is 3.70. The molecular weight excluding hydrogens is 209 g/mol. The summed E-state index contributed by atoms with van der Waals surface area (Å²) in [7, 11) is 0. The maximum Gasteiger partial charge on any atom is 0.243 e. The molecule has 0 aliphatic rings. The van der Waals surface area contributed by atoms with E-state index < -0.39 is 17.6 Å². The fourth-order valence-corrected chi connectivity index (χ4v) is 1.16. The molecule has 1 atom stereocenters. The maximum atomic E-state index is 12.5. The lowest BCUT2D eigenvalue weighted by Crippen LogP contribution is -2.26. The largest absolute Gasteiger partial charge is 0.310 e. The van der Waals surface area contributed by atoms with Crippen molar-refractivity contribution < 1.29 is 9.18 Å². The number of hydrogen-bond acceptors (Lipinski definition) is 3. The van der Waals surface area contributed by atoms with Gasteiger partial charge in [0.25, 0.3) is 0 Å². The zero-order chi connectivity index (χ0) is 12.1. The molecule has 0 aliphatic carbocycles. The highest BCUT2D eigenvalue weighted by atomic mass is 19.1. The molecule has 1 heterocycles. The molecule has 4 nitrogen and oxygen atoms in total. The molecule has 1 rings (SSSR count). The van der Waals surface area contributed by atoms with Crippen LogP contribution in [0.25, 0.3) is 0 Å². The molecule has 0 aliphatic heterocycles. The minimum atomic E-state index is -0.730. The third-order valence-corrected chi connectivity index (χ3v) is 2.07. The van der Waals surface area contributed by atoms with Gasteiger partial charge in [0.1, 0.15) is 17.6 Å². The predicted octanol–water partition coefficient (Wildman–Crippen LogP) is 1.95. The fourth-order valence-electron chi connectivity index (χ4n) is 1.16. The van der Waals surface area contributed by atoms with E-state index in [-0.39, 0.29) is 11.7 Å². The monoisotopic (exact) mass is 221 g/mol. The summed E-state index contributed by atoms with van der Waals surface area (Å²) in [6.07, 6.45) is 1.01. The van der Waals surface area contributed by atoms with Crippen LogP contribution in [0.4, 0.5) is 10.2 Å². The molecule has 5 heteroatoms. The number of nitriles is 1. The van der Waals surface area contributed by atoms with Crippen molar-refractivity contribution in [3.8, 4) is 6.07 Å². The Kier molecular flexibility index (Phi) is 3.95. The number of halogens is 1. The molecule has 1 aromatic heterocycles. The SMILES string of the molecule is CC(C)C(C#N)C(=O)Nc1ccc(F)cn1. The van der Waals surface area contributed by atoms with Gasteiger partial charge in [-0.05, 0) is 18.1 Å². The van der Waals surface area contributed by atoms with Crippen LogP contribution in [0.15, 0.2) is 18.3 Å². The summed E-state index contributed by atoms with van der Waals surface area (Å²) in [6.45, 7) is 3.57. The van der Waals surface area contributed by atoms with Crippen molar-refractivity contribution in [2.45, 2.75) is 13.8 Å². The van der Waals surface area contributed by atoms with Crippen molar-refractivity contribution in [3.63, 3.8) is 0 Å². The number of nitrogens with one attached hydrogen (secondary N) is 1. The van der Waals surface area contributed by atoms with Crippen LogP contribution in [-0.4, -0.2) is 10.9 Å². The molecule has 0 radical (unpaired) electrons. The molecular formula is C11H12FN3O. The number of nitrogens with zero attached hydrogens (tertiary/aromatic N) is 2. The van der Waals surface area contributed by atoms with Crippen molar-refractivity contribution in [1.29, 1.82) is 5.26 Å². The van der Waals surface area contributed by atoms with E-state index in [1.54, 1.807) is 13.8 Å². The third kappa shape index (κ3) is 3.02. The Balaban J connectivity index is 2.71. The summed E-state index contributed by atoms with van der Waals surface area (Å²) in [5, 5.41) is 11.3. The van der Waals surface area contributed by atoms with Crippen LogP contribution in [0.2, 0.25) is 0 Å². The molecule has 0 bridgehead atoms. The van der Waals surface area contributed by atoms with Crippen molar-refractivity contribution in [3.05, 3.63) is 24.1 Å². The second kappa shape index (κ2) is 5.21. The summed E-state index contributed by atoms with van der Waals surface area (Å²) in [6, 6.07) is 4.46. The summed E-state index contributed by atoms with van der Waals surface area (Å²) in [5.74, 6) is -1.46. The Morgan fingerprint density at radius 2 is 2.25 bits per heavy atom. The first kappa shape index (κ1) is 12.1. The molecule has 84 valence electrons. The standard InChI is InChI=1S/C11H12FN3O/c1-7(2)9(5-13)11(16)15-10-4-3-8(12)6-14-10/h3-4,6-7,9H,1-2H3,(H,14,15,16). The molecule has 0 saturated carbocycles. The Hall–Kier alpha value is -1.96. The maximum absolute atomic E-state index is 12.5. The zero-order valence-electron chi connectivity index (χ0n) is 9.07. The highest BCUT2D eigenvalue weighted by molar-refractivity contribution is 5.93. The number of pyridine rings is 1. The molecule has 1 unspecified atom stereocenters. The number of rotatable bonds is 3. The van der Waals surface area contributed by atoms with E-state index in [0.717, 1.165) is 6.20 Å². The Morgan fingerprint density at radius 1 is 1.56 bits per heavy atom. The summed E-state index contributed by atoms with van der Waals surface area (Å²) >= 11 is 0. The number of carbonyl (C=O) groups is 1. The second-order valence-electron chi connectivity index (χ2n) is 3.70. The third-order valence-electron chi connectivity index (χ3n) is 2.07. The molecule has 1 aromatic rings. The average molecular weight is 221 g/mol. The van der Waals surface area contributed by atoms with E-state index in [0.29, 0.717) is 0 Å². The fraction of sp³-hybridized carbons (Fsp3) is 0.364. The van der Waals surface area contributed by atoms with E-state index >= 15 is 0 Å². The van der Waals surface area contributed by atoms with Gasteiger partial charge in [0, 0.05) is 0 Å². The molecule has 0 saturated heterocycles. The molecule has 0 spiro atoms. The van der Waals surface area contributed by atoms with Crippen molar-refractivity contribution in [2.24, 2.45) is 11.8 Å². The highest BCUT2D eigenvalue weighted by Crippen LogP contribution is 2.12. The molecule has 16 heavy (non-hydrogen) atoms. The van der Waals surface area contributed by atoms with Gasteiger partial charge >= 0.3 is 0 Å². The summed E-state index contributed by atoms with van der Waals surface area (Å²) in [5.41, 5.74) is 0. The van der Waals surface area contributed by atoms with Gasteiger partial charge in [0.15, 0.2) is 0 Å². The van der Waals surface area contributed by atoms with E-state index in [1.165, 1.54) is 12.1 Å². The highest BCUT2D eigenvalue weighted by Gasteiger charge is 2.21. The van der Waals surface area contributed by atoms with Crippen LogP contribution in [0.3, 0.4) is 0 Å². The van der Waals surface area contributed by atoms with Gasteiger partial charge in [-0.1, -0.05) is 13.8 Å². The van der Waals surface area contributed by atoms with Crippen LogP contribution >= 0.6 is 0 Å². The van der Waals surface area contributed by atoms with E-state index in [1.807, 2.05) is 6.07 Å². The lowest BCUT2D eigenvalue weighted by Gasteiger charge is -2.12. The minimum Gasteiger partial charge on any atom is -0.310 e. The number of carbonyl (C=O) groups excluding carboxylic acids is 1. The lowest BCUT2D eigenvalue weighted by atomic mass is 9.97. The van der Waals surface area contributed by atoms with Gasteiger partial charge in [-0.3, -0.25) is 4.79 Å². The van der Waals surface area contributed by atoms with E-state index in [2.05, 4.69) is 10.3 Å². The van der Waals surface area contributed by atoms with Crippen LogP contribution in [0, 0.1) is 29.0 Å². The van der Waals surface area contributed by atoms with Crippen LogP contribution in [0.5, 0.6) is 0 Å². The lowest BCUT2D eigenvalue weighted by molar-refractivity contribution is -0.119. The number of hydrogen-bond donors (Lipinski definition) is 1. The van der Waals surface area contributed by atoms with Crippen LogP contribution < -0.4 is 5.32 Å². The quantitative estimate of drug-likeness (QED) is 0.848. The first-order valence-electron chi connectivity index (χ1n) is 4.86. The average Bonchev–Trinajstić information content (AvgIpc) is 2.22. The smallest absolute Gasteiger partial charge is 0.243 e. The Labute approximate surface area is 93.1 Å². The van der Waals surface area contributed by atoms with Crippen LogP contribution in [-0.2, 0) is 4.79 Å². The van der Waals surface area contributed by atoms with Gasteiger partial charge < -0.3 is 5.32 Å². The first-order chi connectivity index (χ1) is 7.54. The van der Waals surface area contributed by atoms with Crippen LogP contribution in [0.1, 0.15) is 13.8 Å². The van der Waals surface area contributed by atoms with Gasteiger partial charge in [-0.15, -0.1) is 0 Å². The van der Waals surface area contributed by atoms with Gasteiger partial charge in [0.05, 0.1) is 12.3 Å². The van der Waals surface area contributed by atoms with Gasteiger partial charge in [-0.25, -0.2) is 9.37 Å². The van der Waals surface area contributed by atoms with Crippen molar-refractivity contribution >= 4 is 11.7 Å². The minimum absolute atomic E-state index is 0.0783. The molecule has 0 aromatic carbocycles. The summed E-state index contributed by atoms with van der Waals surface area (Å²) < 4.78 is 12.5. The number of aromatic nitrogens is 1. The van der Waals surface area contributed by atoms with E-state index in [4.69, 9.17) is 5.26 Å².